The zero-order valence-corrected chi connectivity index (χ0v) is 3.59. The molecule has 1 heterocycles. The second-order valence-electron chi connectivity index (χ2n) is 0.821. The summed E-state index contributed by atoms with van der Waals surface area (Å²) in [4.78, 5) is 3.80. The zero-order chi connectivity index (χ0) is 3.54. The quantitative estimate of drug-likeness (QED) is 0.399. The van der Waals surface area contributed by atoms with Crippen LogP contribution in [0.3, 0.4) is 0 Å². The second-order valence-corrected chi connectivity index (χ2v) is 1.70. The third-order valence-corrected chi connectivity index (χ3v) is 1.08. The molecular formula is C3H5NNaS. The molecule has 1 rings (SSSR count). The van der Waals surface area contributed by atoms with Gasteiger partial charge in [0.1, 0.15) is 5.55 Å². The van der Waals surface area contributed by atoms with Gasteiger partial charge in [-0.05, 0) is 0 Å². The standard InChI is InChI=1S/C3H4NS.Na.H/c1-2-5-3-4-1;;/h1-2H2;;. The van der Waals surface area contributed by atoms with Crippen LogP contribution in [0.2, 0.25) is 0 Å². The Labute approximate surface area is 63.9 Å². The summed E-state index contributed by atoms with van der Waals surface area (Å²) in [5.74, 6) is 1.14. The molecule has 29 valence electrons. The topological polar surface area (TPSA) is 12.4 Å². The van der Waals surface area contributed by atoms with Crippen LogP contribution in [-0.2, 0) is 0 Å². The monoisotopic (exact) mass is 110 g/mol. The van der Waals surface area contributed by atoms with E-state index in [1.807, 2.05) is 0 Å². The van der Waals surface area contributed by atoms with Crippen LogP contribution in [0.5, 0.6) is 0 Å². The van der Waals surface area contributed by atoms with Crippen molar-refractivity contribution in [3.8, 4) is 0 Å². The minimum absolute atomic E-state index is 0. The first-order valence-corrected chi connectivity index (χ1v) is 2.52. The van der Waals surface area contributed by atoms with Crippen molar-refractivity contribution in [2.75, 3.05) is 12.3 Å². The Hall–Kier alpha value is 1.02. The molecule has 0 unspecified atom stereocenters. The van der Waals surface area contributed by atoms with Crippen molar-refractivity contribution in [3.05, 3.63) is 0 Å². The summed E-state index contributed by atoms with van der Waals surface area (Å²) in [5, 5.41) is 0. The Morgan fingerprint density at radius 2 is 2.50 bits per heavy atom. The molecule has 6 heavy (non-hydrogen) atoms. The third kappa shape index (κ3) is 2.24. The van der Waals surface area contributed by atoms with E-state index in [2.05, 4.69) is 10.5 Å². The van der Waals surface area contributed by atoms with Gasteiger partial charge in [-0.15, -0.1) is 11.8 Å². The Bertz CT molecular complexity index is 48.8. The van der Waals surface area contributed by atoms with Crippen molar-refractivity contribution < 1.29 is 0 Å². The van der Waals surface area contributed by atoms with Crippen molar-refractivity contribution in [1.82, 2.24) is 0 Å². The van der Waals surface area contributed by atoms with Crippen molar-refractivity contribution in [1.29, 1.82) is 0 Å². The predicted molar refractivity (Wildman–Crippen MR) is 31.9 cm³/mol. The van der Waals surface area contributed by atoms with Crippen LogP contribution in [0.4, 0.5) is 0 Å². The molecular weight excluding hydrogens is 105 g/mol. The Balaban J connectivity index is 0.000000250. The summed E-state index contributed by atoms with van der Waals surface area (Å²) in [5.41, 5.74) is 2.76. The number of nitrogens with zero attached hydrogens (tertiary/aromatic N) is 1. The summed E-state index contributed by atoms with van der Waals surface area (Å²) in [6.07, 6.45) is 0. The van der Waals surface area contributed by atoms with Gasteiger partial charge in [0.15, 0.2) is 0 Å². The van der Waals surface area contributed by atoms with Crippen LogP contribution in [0.25, 0.3) is 0 Å². The molecule has 0 bridgehead atoms. The summed E-state index contributed by atoms with van der Waals surface area (Å²) < 4.78 is 0. The fourth-order valence-corrected chi connectivity index (χ4v) is 0.685. The van der Waals surface area contributed by atoms with Gasteiger partial charge in [-0.25, -0.2) is 0 Å². The van der Waals surface area contributed by atoms with E-state index >= 15 is 0 Å². The molecule has 0 aliphatic carbocycles. The molecule has 1 aliphatic rings. The second kappa shape index (κ2) is 4.19. The van der Waals surface area contributed by atoms with Crippen LogP contribution in [0.1, 0.15) is 0 Å². The van der Waals surface area contributed by atoms with Crippen molar-refractivity contribution in [3.63, 3.8) is 0 Å². The summed E-state index contributed by atoms with van der Waals surface area (Å²) in [6, 6.07) is 0. The average Bonchev–Trinajstić information content (AvgIpc) is 1.76. The molecule has 0 N–H and O–H groups in total. The normalized spacial score (nSPS) is 17.3. The first-order valence-electron chi connectivity index (χ1n) is 1.53. The molecule has 0 aromatic rings. The minimum atomic E-state index is 0. The van der Waals surface area contributed by atoms with Gasteiger partial charge in [-0.2, -0.15) is 0 Å². The van der Waals surface area contributed by atoms with E-state index in [9.17, 15) is 0 Å². The van der Waals surface area contributed by atoms with E-state index in [0.29, 0.717) is 0 Å². The maximum absolute atomic E-state index is 3.80. The molecule has 0 saturated carbocycles. The van der Waals surface area contributed by atoms with Gasteiger partial charge >= 0.3 is 29.6 Å². The van der Waals surface area contributed by atoms with Crippen molar-refractivity contribution >= 4 is 46.9 Å². The maximum atomic E-state index is 3.80. The number of aliphatic imine (C=N–C) groups is 1. The van der Waals surface area contributed by atoms with Crippen molar-refractivity contribution in [2.45, 2.75) is 0 Å². The van der Waals surface area contributed by atoms with E-state index < -0.39 is 0 Å². The molecule has 3 heteroatoms. The van der Waals surface area contributed by atoms with Gasteiger partial charge in [0.05, 0.1) is 0 Å². The van der Waals surface area contributed by atoms with E-state index in [1.165, 1.54) is 0 Å². The fourth-order valence-electron chi connectivity index (χ4n) is 0.228. The zero-order valence-electron chi connectivity index (χ0n) is 2.77. The Morgan fingerprint density at radius 1 is 1.67 bits per heavy atom. The summed E-state index contributed by atoms with van der Waals surface area (Å²) in [7, 11) is 0. The molecule has 0 amide bonds. The average molecular weight is 110 g/mol. The van der Waals surface area contributed by atoms with E-state index in [4.69, 9.17) is 0 Å². The van der Waals surface area contributed by atoms with Crippen LogP contribution in [0.15, 0.2) is 4.99 Å². The predicted octanol–water partition coefficient (Wildman–Crippen LogP) is -0.01000. The third-order valence-electron chi connectivity index (χ3n) is 0.434. The molecule has 0 fully saturated rings. The van der Waals surface area contributed by atoms with Crippen LogP contribution < -0.4 is 0 Å². The fraction of sp³-hybridized carbons (Fsp3) is 0.667. The van der Waals surface area contributed by atoms with Crippen LogP contribution in [0, 0.1) is 0 Å². The van der Waals surface area contributed by atoms with Gasteiger partial charge in [-0.3, -0.25) is 4.99 Å². The molecule has 1 radical (unpaired) electrons. The number of hydrogen-bond acceptors (Lipinski definition) is 2. The van der Waals surface area contributed by atoms with Crippen LogP contribution in [-0.4, -0.2) is 47.4 Å². The molecule has 0 atom stereocenters. The SMILES string of the molecule is [C]1=NCCS1.[NaH]. The first-order chi connectivity index (χ1) is 2.50. The summed E-state index contributed by atoms with van der Waals surface area (Å²) >= 11 is 1.66. The Kier molecular flexibility index (Phi) is 4.90. The molecule has 0 spiro atoms. The number of hydrogen-bond donors (Lipinski definition) is 0. The number of thioether (sulfide) groups is 1. The van der Waals surface area contributed by atoms with Gasteiger partial charge in [0.2, 0.25) is 0 Å². The van der Waals surface area contributed by atoms with Gasteiger partial charge in [0.25, 0.3) is 0 Å². The van der Waals surface area contributed by atoms with E-state index in [1.54, 1.807) is 11.8 Å². The van der Waals surface area contributed by atoms with Crippen LogP contribution >= 0.6 is 11.8 Å². The first kappa shape index (κ1) is 7.02. The van der Waals surface area contributed by atoms with Crippen molar-refractivity contribution in [2.24, 2.45) is 4.99 Å². The van der Waals surface area contributed by atoms with E-state index in [-0.39, 0.29) is 29.6 Å². The molecule has 1 nitrogen and oxygen atoms in total. The van der Waals surface area contributed by atoms with E-state index in [0.717, 1.165) is 12.3 Å². The molecule has 0 saturated heterocycles. The number of rotatable bonds is 0. The molecule has 1 aliphatic heterocycles. The summed E-state index contributed by atoms with van der Waals surface area (Å²) in [6.45, 7) is 0.977. The van der Waals surface area contributed by atoms with Gasteiger partial charge in [0, 0.05) is 12.3 Å². The van der Waals surface area contributed by atoms with Gasteiger partial charge in [-0.1, -0.05) is 0 Å². The molecule has 0 aromatic heterocycles. The Morgan fingerprint density at radius 3 is 2.67 bits per heavy atom. The van der Waals surface area contributed by atoms with Gasteiger partial charge < -0.3 is 0 Å². The molecule has 0 aromatic carbocycles.